The zero-order valence-corrected chi connectivity index (χ0v) is 17.2. The van der Waals surface area contributed by atoms with Gasteiger partial charge in [-0.15, -0.1) is 11.3 Å². The highest BCUT2D eigenvalue weighted by atomic mass is 32.1. The number of rotatable bonds is 8. The Hall–Kier alpha value is -3.16. The van der Waals surface area contributed by atoms with E-state index in [2.05, 4.69) is 28.8 Å². The van der Waals surface area contributed by atoms with Crippen molar-refractivity contribution >= 4 is 34.5 Å². The first-order chi connectivity index (χ1) is 14.1. The van der Waals surface area contributed by atoms with Gasteiger partial charge >= 0.3 is 0 Å². The molecule has 1 aromatic heterocycles. The Labute approximate surface area is 173 Å². The third-order valence-corrected chi connectivity index (χ3v) is 5.30. The lowest BCUT2D eigenvalue weighted by atomic mass is 10.1. The second-order valence-electron chi connectivity index (χ2n) is 6.49. The van der Waals surface area contributed by atoms with Crippen LogP contribution in [0.15, 0.2) is 66.0 Å². The van der Waals surface area contributed by atoms with Crippen molar-refractivity contribution in [1.82, 2.24) is 0 Å². The quantitative estimate of drug-likeness (QED) is 0.534. The molecule has 0 fully saturated rings. The van der Waals surface area contributed by atoms with E-state index in [-0.39, 0.29) is 24.4 Å². The molecule has 1 heterocycles. The maximum Gasteiger partial charge on any atom is 0.279 e. The second kappa shape index (κ2) is 9.86. The van der Waals surface area contributed by atoms with E-state index in [1.165, 1.54) is 18.9 Å². The number of amides is 2. The van der Waals surface area contributed by atoms with Gasteiger partial charge in [0.05, 0.1) is 17.7 Å². The molecular weight excluding hydrogens is 386 g/mol. The highest BCUT2D eigenvalue weighted by molar-refractivity contribution is 7.10. The van der Waals surface area contributed by atoms with Crippen LogP contribution in [-0.4, -0.2) is 25.5 Å². The minimum atomic E-state index is -0.178. The standard InChI is InChI=1S/C22H23N3O3S/c1-15(26)24-17-10-11-19(28-2)18(13-17)25-21(27)14-23-22(20-9-6-12-29-20)16-7-4-3-5-8-16/h3-13,22-23H,14H2,1-2H3,(H,24,26)(H,25,27)/p+1/t22-/m0/s1. The third-order valence-electron chi connectivity index (χ3n) is 4.34. The number of thiophene rings is 1. The first-order valence-corrected chi connectivity index (χ1v) is 10.1. The van der Waals surface area contributed by atoms with Crippen LogP contribution in [0.5, 0.6) is 5.75 Å². The molecule has 2 aromatic carbocycles. The number of quaternary nitrogens is 1. The molecule has 0 unspecified atom stereocenters. The smallest absolute Gasteiger partial charge is 0.279 e. The first kappa shape index (κ1) is 20.6. The SMILES string of the molecule is COc1ccc(NC(C)=O)cc1NC(=O)C[NH2+][C@@H](c1ccccc1)c1cccs1. The fraction of sp³-hybridized carbons (Fsp3) is 0.182. The van der Waals surface area contributed by atoms with E-state index in [0.29, 0.717) is 17.1 Å². The molecule has 1 atom stereocenters. The molecule has 3 aromatic rings. The van der Waals surface area contributed by atoms with Crippen LogP contribution in [0.25, 0.3) is 0 Å². The number of nitrogens with one attached hydrogen (secondary N) is 2. The van der Waals surface area contributed by atoms with Gasteiger partial charge in [-0.25, -0.2) is 0 Å². The number of nitrogens with two attached hydrogens (primary N) is 1. The molecule has 0 radical (unpaired) electrons. The van der Waals surface area contributed by atoms with E-state index < -0.39 is 0 Å². The summed E-state index contributed by atoms with van der Waals surface area (Å²) in [4.78, 5) is 25.1. The van der Waals surface area contributed by atoms with Crippen molar-refractivity contribution in [1.29, 1.82) is 0 Å². The highest BCUT2D eigenvalue weighted by Gasteiger charge is 2.20. The monoisotopic (exact) mass is 410 g/mol. The molecule has 0 bridgehead atoms. The van der Waals surface area contributed by atoms with E-state index in [4.69, 9.17) is 4.74 Å². The van der Waals surface area contributed by atoms with Crippen LogP contribution >= 0.6 is 11.3 Å². The Kier molecular flexibility index (Phi) is 6.99. The number of methoxy groups -OCH3 is 1. The zero-order chi connectivity index (χ0) is 20.6. The first-order valence-electron chi connectivity index (χ1n) is 9.24. The lowest BCUT2D eigenvalue weighted by molar-refractivity contribution is -0.675. The van der Waals surface area contributed by atoms with Crippen molar-refractivity contribution in [3.63, 3.8) is 0 Å². The van der Waals surface area contributed by atoms with Crippen molar-refractivity contribution < 1.29 is 19.6 Å². The molecular formula is C22H24N3O3S+. The topological polar surface area (TPSA) is 84.0 Å². The van der Waals surface area contributed by atoms with Crippen LogP contribution in [0.1, 0.15) is 23.4 Å². The van der Waals surface area contributed by atoms with Crippen LogP contribution in [0.3, 0.4) is 0 Å². The number of hydrogen-bond donors (Lipinski definition) is 3. The summed E-state index contributed by atoms with van der Waals surface area (Å²) in [6.07, 6.45) is 0. The number of anilines is 2. The maximum absolute atomic E-state index is 12.6. The largest absolute Gasteiger partial charge is 0.495 e. The van der Waals surface area contributed by atoms with Gasteiger partial charge in [0, 0.05) is 18.2 Å². The Morgan fingerprint density at radius 1 is 1.07 bits per heavy atom. The van der Waals surface area contributed by atoms with Gasteiger partial charge in [-0.3, -0.25) is 9.59 Å². The lowest BCUT2D eigenvalue weighted by Gasteiger charge is -2.16. The highest BCUT2D eigenvalue weighted by Crippen LogP contribution is 2.28. The summed E-state index contributed by atoms with van der Waals surface area (Å²) in [5.41, 5.74) is 2.26. The zero-order valence-electron chi connectivity index (χ0n) is 16.3. The average molecular weight is 411 g/mol. The van der Waals surface area contributed by atoms with Gasteiger partial charge in [-0.1, -0.05) is 36.4 Å². The van der Waals surface area contributed by atoms with E-state index in [1.54, 1.807) is 29.5 Å². The van der Waals surface area contributed by atoms with Gasteiger partial charge in [-0.05, 0) is 29.6 Å². The van der Waals surface area contributed by atoms with Crippen molar-refractivity contribution in [3.8, 4) is 5.75 Å². The molecule has 0 aliphatic rings. The number of benzene rings is 2. The predicted molar refractivity (Wildman–Crippen MR) is 115 cm³/mol. The molecule has 7 heteroatoms. The third kappa shape index (κ3) is 5.66. The summed E-state index contributed by atoms with van der Waals surface area (Å²) in [6, 6.07) is 19.4. The molecule has 0 spiro atoms. The number of carbonyl (C=O) groups is 2. The van der Waals surface area contributed by atoms with Gasteiger partial charge < -0.3 is 20.7 Å². The molecule has 29 heavy (non-hydrogen) atoms. The normalized spacial score (nSPS) is 11.5. The minimum Gasteiger partial charge on any atom is -0.495 e. The Morgan fingerprint density at radius 2 is 1.86 bits per heavy atom. The summed E-state index contributed by atoms with van der Waals surface area (Å²) < 4.78 is 5.32. The fourth-order valence-electron chi connectivity index (χ4n) is 3.06. The predicted octanol–water partition coefficient (Wildman–Crippen LogP) is 3.01. The van der Waals surface area contributed by atoms with Crippen molar-refractivity contribution in [2.24, 2.45) is 0 Å². The van der Waals surface area contributed by atoms with Gasteiger partial charge in [-0.2, -0.15) is 0 Å². The van der Waals surface area contributed by atoms with Gasteiger partial charge in [0.1, 0.15) is 11.8 Å². The van der Waals surface area contributed by atoms with E-state index in [0.717, 1.165) is 5.56 Å². The van der Waals surface area contributed by atoms with Crippen LogP contribution < -0.4 is 20.7 Å². The van der Waals surface area contributed by atoms with E-state index in [1.807, 2.05) is 35.0 Å². The van der Waals surface area contributed by atoms with E-state index >= 15 is 0 Å². The van der Waals surface area contributed by atoms with Crippen molar-refractivity contribution in [3.05, 3.63) is 76.5 Å². The maximum atomic E-state index is 12.6. The molecule has 4 N–H and O–H groups in total. The molecule has 0 aliphatic heterocycles. The fourth-order valence-corrected chi connectivity index (χ4v) is 3.91. The summed E-state index contributed by atoms with van der Waals surface area (Å²) in [5.74, 6) is 0.202. The van der Waals surface area contributed by atoms with Crippen molar-refractivity contribution in [2.75, 3.05) is 24.3 Å². The second-order valence-corrected chi connectivity index (χ2v) is 7.47. The number of ether oxygens (including phenoxy) is 1. The van der Waals surface area contributed by atoms with Crippen LogP contribution in [0, 0.1) is 0 Å². The number of hydrogen-bond acceptors (Lipinski definition) is 4. The Morgan fingerprint density at radius 3 is 2.52 bits per heavy atom. The van der Waals surface area contributed by atoms with Gasteiger partial charge in [0.15, 0.2) is 6.54 Å². The summed E-state index contributed by atoms with van der Waals surface area (Å²) in [5, 5.41) is 9.65. The van der Waals surface area contributed by atoms with E-state index in [9.17, 15) is 9.59 Å². The Balaban J connectivity index is 1.70. The minimum absolute atomic E-state index is 0.0505. The summed E-state index contributed by atoms with van der Waals surface area (Å²) >= 11 is 1.67. The molecule has 0 saturated carbocycles. The molecule has 150 valence electrons. The van der Waals surface area contributed by atoms with Crippen LogP contribution in [0.4, 0.5) is 11.4 Å². The van der Waals surface area contributed by atoms with Gasteiger partial charge in [0.2, 0.25) is 5.91 Å². The molecule has 3 rings (SSSR count). The van der Waals surface area contributed by atoms with Crippen molar-refractivity contribution in [2.45, 2.75) is 13.0 Å². The molecule has 0 aliphatic carbocycles. The van der Waals surface area contributed by atoms with Crippen LogP contribution in [0.2, 0.25) is 0 Å². The summed E-state index contributed by atoms with van der Waals surface area (Å²) in [6.45, 7) is 1.68. The molecule has 2 amide bonds. The summed E-state index contributed by atoms with van der Waals surface area (Å²) in [7, 11) is 1.54. The molecule has 6 nitrogen and oxygen atoms in total. The Bertz CT molecular complexity index is 959. The van der Waals surface area contributed by atoms with Crippen LogP contribution in [-0.2, 0) is 9.59 Å². The van der Waals surface area contributed by atoms with Gasteiger partial charge in [0.25, 0.3) is 5.91 Å². The molecule has 0 saturated heterocycles. The number of carbonyl (C=O) groups excluding carboxylic acids is 2. The average Bonchev–Trinajstić information content (AvgIpc) is 3.23. The lowest BCUT2D eigenvalue weighted by Crippen LogP contribution is -2.87.